The Hall–Kier alpha value is -1.60. The van der Waals surface area contributed by atoms with Gasteiger partial charge in [-0.1, -0.05) is 28.1 Å². The summed E-state index contributed by atoms with van der Waals surface area (Å²) in [5, 5.41) is 6.61. The van der Waals surface area contributed by atoms with Crippen LogP contribution in [0.25, 0.3) is 10.6 Å². The summed E-state index contributed by atoms with van der Waals surface area (Å²) >= 11 is 5.20. The first-order valence-corrected chi connectivity index (χ1v) is 11.1. The van der Waals surface area contributed by atoms with Crippen LogP contribution >= 0.6 is 27.3 Å². The van der Waals surface area contributed by atoms with Crippen molar-refractivity contribution in [1.29, 1.82) is 0 Å². The molecule has 0 aliphatic carbocycles. The van der Waals surface area contributed by atoms with Crippen molar-refractivity contribution in [3.8, 4) is 10.6 Å². The minimum atomic E-state index is -0.225. The highest BCUT2D eigenvalue weighted by atomic mass is 79.9. The van der Waals surface area contributed by atoms with E-state index >= 15 is 0 Å². The lowest BCUT2D eigenvalue weighted by Crippen LogP contribution is -2.42. The number of aromatic nitrogens is 1. The maximum atomic E-state index is 13.1. The molecule has 0 atom stereocenters. The fraction of sp³-hybridized carbons (Fsp3) is 0.318. The van der Waals surface area contributed by atoms with Crippen molar-refractivity contribution in [1.82, 2.24) is 10.3 Å². The van der Waals surface area contributed by atoms with Crippen LogP contribution in [0.2, 0.25) is 0 Å². The van der Waals surface area contributed by atoms with Gasteiger partial charge in [0.15, 0.2) is 0 Å². The van der Waals surface area contributed by atoms with Gasteiger partial charge < -0.3 is 10.1 Å². The fourth-order valence-electron chi connectivity index (χ4n) is 3.69. The van der Waals surface area contributed by atoms with E-state index in [-0.39, 0.29) is 11.2 Å². The van der Waals surface area contributed by atoms with Crippen molar-refractivity contribution in [3.05, 3.63) is 75.5 Å². The predicted octanol–water partition coefficient (Wildman–Crippen LogP) is 5.55. The van der Waals surface area contributed by atoms with Gasteiger partial charge in [0.1, 0.15) is 10.8 Å². The summed E-state index contributed by atoms with van der Waals surface area (Å²) in [5.74, 6) is -0.225. The standard InChI is InChI=1S/C22H22BrFN2OS/c23-18-3-1-2-17(12-18)22(8-10-27-11-9-22)15-25-13-20-14-28-21(26-20)16-4-6-19(24)7-5-16/h1-7,12,14,25H,8-11,13,15H2. The van der Waals surface area contributed by atoms with Crippen molar-refractivity contribution >= 4 is 27.3 Å². The zero-order valence-corrected chi connectivity index (χ0v) is 17.9. The molecule has 1 fully saturated rings. The van der Waals surface area contributed by atoms with Crippen LogP contribution in [0.3, 0.4) is 0 Å². The number of thiazole rings is 1. The molecule has 2 aromatic carbocycles. The van der Waals surface area contributed by atoms with Crippen LogP contribution in [0.4, 0.5) is 4.39 Å². The zero-order valence-electron chi connectivity index (χ0n) is 15.5. The van der Waals surface area contributed by atoms with Gasteiger partial charge in [-0.3, -0.25) is 0 Å². The molecule has 1 aliphatic rings. The van der Waals surface area contributed by atoms with Gasteiger partial charge in [0.2, 0.25) is 0 Å². The molecule has 1 aromatic heterocycles. The van der Waals surface area contributed by atoms with Crippen LogP contribution in [-0.2, 0) is 16.7 Å². The molecule has 3 aromatic rings. The van der Waals surface area contributed by atoms with E-state index in [4.69, 9.17) is 9.72 Å². The number of nitrogens with one attached hydrogen (secondary N) is 1. The molecule has 146 valence electrons. The maximum Gasteiger partial charge on any atom is 0.123 e. The van der Waals surface area contributed by atoms with Gasteiger partial charge in [-0.25, -0.2) is 9.37 Å². The van der Waals surface area contributed by atoms with Gasteiger partial charge in [-0.2, -0.15) is 0 Å². The largest absolute Gasteiger partial charge is 0.381 e. The number of halogens is 2. The third kappa shape index (κ3) is 4.51. The topological polar surface area (TPSA) is 34.2 Å². The average molecular weight is 461 g/mol. The first-order chi connectivity index (χ1) is 13.6. The smallest absolute Gasteiger partial charge is 0.123 e. The quantitative estimate of drug-likeness (QED) is 0.523. The van der Waals surface area contributed by atoms with E-state index in [1.165, 1.54) is 17.7 Å². The summed E-state index contributed by atoms with van der Waals surface area (Å²) in [7, 11) is 0. The Morgan fingerprint density at radius 1 is 1.14 bits per heavy atom. The number of hydrogen-bond donors (Lipinski definition) is 1. The lowest BCUT2D eigenvalue weighted by molar-refractivity contribution is 0.0497. The number of hydrogen-bond acceptors (Lipinski definition) is 4. The predicted molar refractivity (Wildman–Crippen MR) is 115 cm³/mol. The molecule has 1 saturated heterocycles. The molecule has 28 heavy (non-hydrogen) atoms. The van der Waals surface area contributed by atoms with E-state index < -0.39 is 0 Å². The first kappa shape index (κ1) is 19.7. The van der Waals surface area contributed by atoms with Gasteiger partial charge >= 0.3 is 0 Å². The Morgan fingerprint density at radius 2 is 1.93 bits per heavy atom. The second-order valence-corrected chi connectivity index (χ2v) is 8.93. The summed E-state index contributed by atoms with van der Waals surface area (Å²) in [4.78, 5) is 4.70. The molecule has 0 amide bonds. The van der Waals surface area contributed by atoms with Crippen LogP contribution in [0.15, 0.2) is 58.4 Å². The van der Waals surface area contributed by atoms with Crippen molar-refractivity contribution in [2.75, 3.05) is 19.8 Å². The minimum Gasteiger partial charge on any atom is -0.381 e. The first-order valence-electron chi connectivity index (χ1n) is 9.40. The Balaban J connectivity index is 1.43. The van der Waals surface area contributed by atoms with E-state index in [1.807, 2.05) is 0 Å². The van der Waals surface area contributed by atoms with Gasteiger partial charge in [0.25, 0.3) is 0 Å². The van der Waals surface area contributed by atoms with Crippen LogP contribution in [0, 0.1) is 5.82 Å². The molecule has 4 rings (SSSR count). The average Bonchev–Trinajstić information content (AvgIpc) is 3.18. The SMILES string of the molecule is Fc1ccc(-c2nc(CNCC3(c4cccc(Br)c4)CCOCC3)cs2)cc1. The van der Waals surface area contributed by atoms with E-state index in [9.17, 15) is 4.39 Å². The van der Waals surface area contributed by atoms with Crippen LogP contribution in [0.5, 0.6) is 0 Å². The van der Waals surface area contributed by atoms with Gasteiger partial charge in [0.05, 0.1) is 5.69 Å². The highest BCUT2D eigenvalue weighted by Crippen LogP contribution is 2.35. The summed E-state index contributed by atoms with van der Waals surface area (Å²) < 4.78 is 19.8. The van der Waals surface area contributed by atoms with E-state index in [0.29, 0.717) is 6.54 Å². The molecule has 0 saturated carbocycles. The fourth-order valence-corrected chi connectivity index (χ4v) is 4.92. The second-order valence-electron chi connectivity index (χ2n) is 7.16. The maximum absolute atomic E-state index is 13.1. The molecular weight excluding hydrogens is 439 g/mol. The Labute approximate surface area is 177 Å². The third-order valence-electron chi connectivity index (χ3n) is 5.30. The summed E-state index contributed by atoms with van der Waals surface area (Å²) in [6, 6.07) is 15.1. The van der Waals surface area contributed by atoms with Crippen molar-refractivity contribution in [3.63, 3.8) is 0 Å². The Bertz CT molecular complexity index is 922. The van der Waals surface area contributed by atoms with Crippen molar-refractivity contribution in [2.45, 2.75) is 24.8 Å². The van der Waals surface area contributed by atoms with Gasteiger partial charge in [-0.15, -0.1) is 11.3 Å². The number of ether oxygens (including phenoxy) is 1. The Morgan fingerprint density at radius 3 is 2.68 bits per heavy atom. The molecule has 0 bridgehead atoms. The molecule has 1 N–H and O–H groups in total. The van der Waals surface area contributed by atoms with Crippen LogP contribution in [-0.4, -0.2) is 24.7 Å². The lowest BCUT2D eigenvalue weighted by atomic mass is 9.74. The van der Waals surface area contributed by atoms with Gasteiger partial charge in [0, 0.05) is 47.1 Å². The van der Waals surface area contributed by atoms with E-state index in [2.05, 4.69) is 50.9 Å². The van der Waals surface area contributed by atoms with E-state index in [0.717, 1.165) is 53.3 Å². The molecule has 1 aliphatic heterocycles. The number of nitrogens with zero attached hydrogens (tertiary/aromatic N) is 1. The van der Waals surface area contributed by atoms with Gasteiger partial charge in [-0.05, 0) is 54.8 Å². The third-order valence-corrected chi connectivity index (χ3v) is 6.73. The minimum absolute atomic E-state index is 0.0812. The lowest BCUT2D eigenvalue weighted by Gasteiger charge is -2.38. The molecule has 0 radical (unpaired) electrons. The molecule has 0 unspecified atom stereocenters. The highest BCUT2D eigenvalue weighted by molar-refractivity contribution is 9.10. The molecule has 6 heteroatoms. The summed E-state index contributed by atoms with van der Waals surface area (Å²) in [6.07, 6.45) is 2.02. The van der Waals surface area contributed by atoms with Crippen LogP contribution < -0.4 is 5.32 Å². The summed E-state index contributed by atoms with van der Waals surface area (Å²) in [6.45, 7) is 3.18. The van der Waals surface area contributed by atoms with Crippen molar-refractivity contribution < 1.29 is 9.13 Å². The normalized spacial score (nSPS) is 16.2. The molecule has 2 heterocycles. The second kappa shape index (κ2) is 8.82. The molecule has 3 nitrogen and oxygen atoms in total. The molecular formula is C22H22BrFN2OS. The number of benzene rings is 2. The zero-order chi connectivity index (χ0) is 19.4. The highest BCUT2D eigenvalue weighted by Gasteiger charge is 2.34. The molecule has 0 spiro atoms. The Kier molecular flexibility index (Phi) is 6.21. The van der Waals surface area contributed by atoms with Crippen molar-refractivity contribution in [2.24, 2.45) is 0 Å². The van der Waals surface area contributed by atoms with E-state index in [1.54, 1.807) is 23.5 Å². The van der Waals surface area contributed by atoms with Crippen LogP contribution in [0.1, 0.15) is 24.1 Å². The monoisotopic (exact) mass is 460 g/mol. The number of rotatable bonds is 6. The summed E-state index contributed by atoms with van der Waals surface area (Å²) in [5.41, 5.74) is 3.40.